The molecule has 0 spiro atoms. The Hall–Kier alpha value is -1.44. The van der Waals surface area contributed by atoms with Crippen LogP contribution >= 0.6 is 15.9 Å². The van der Waals surface area contributed by atoms with Gasteiger partial charge in [-0.25, -0.2) is 17.5 Å². The SMILES string of the molecule is CC(NS(=O)(=O)c1ccc(Br)cc1F)c1ccccc1N. The maximum Gasteiger partial charge on any atom is 0.244 e. The van der Waals surface area contributed by atoms with E-state index in [0.717, 1.165) is 6.07 Å². The number of anilines is 1. The van der Waals surface area contributed by atoms with Gasteiger partial charge >= 0.3 is 0 Å². The summed E-state index contributed by atoms with van der Waals surface area (Å²) < 4.78 is 41.2. The number of para-hydroxylation sites is 1. The van der Waals surface area contributed by atoms with Crippen molar-refractivity contribution in [1.82, 2.24) is 4.72 Å². The van der Waals surface area contributed by atoms with Crippen molar-refractivity contribution in [2.24, 2.45) is 0 Å². The zero-order valence-corrected chi connectivity index (χ0v) is 13.6. The second-order valence-corrected chi connectivity index (χ2v) is 7.14. The fraction of sp³-hybridized carbons (Fsp3) is 0.143. The van der Waals surface area contributed by atoms with Crippen LogP contribution in [0, 0.1) is 5.82 Å². The van der Waals surface area contributed by atoms with E-state index in [1.165, 1.54) is 12.1 Å². The smallest absolute Gasteiger partial charge is 0.244 e. The molecule has 0 amide bonds. The maximum atomic E-state index is 13.8. The molecule has 112 valence electrons. The fourth-order valence-corrected chi connectivity index (χ4v) is 3.57. The molecular formula is C14H14BrFN2O2S. The van der Waals surface area contributed by atoms with Gasteiger partial charge in [0, 0.05) is 16.2 Å². The number of nitrogen functional groups attached to an aromatic ring is 1. The van der Waals surface area contributed by atoms with E-state index in [-0.39, 0.29) is 0 Å². The number of rotatable bonds is 4. The first-order valence-electron chi connectivity index (χ1n) is 6.13. The minimum atomic E-state index is -3.97. The fourth-order valence-electron chi connectivity index (χ4n) is 1.96. The molecule has 0 saturated carbocycles. The third kappa shape index (κ3) is 3.61. The number of benzene rings is 2. The van der Waals surface area contributed by atoms with Gasteiger partial charge in [-0.05, 0) is 36.8 Å². The highest BCUT2D eigenvalue weighted by atomic mass is 79.9. The van der Waals surface area contributed by atoms with Crippen LogP contribution in [0.5, 0.6) is 0 Å². The number of hydrogen-bond donors (Lipinski definition) is 2. The van der Waals surface area contributed by atoms with Crippen LogP contribution in [0.3, 0.4) is 0 Å². The molecular weight excluding hydrogens is 359 g/mol. The third-order valence-corrected chi connectivity index (χ3v) is 5.05. The Bertz CT molecular complexity index is 765. The van der Waals surface area contributed by atoms with Crippen molar-refractivity contribution < 1.29 is 12.8 Å². The first-order valence-corrected chi connectivity index (χ1v) is 8.40. The Kier molecular flexibility index (Phi) is 4.65. The largest absolute Gasteiger partial charge is 0.398 e. The highest BCUT2D eigenvalue weighted by Gasteiger charge is 2.22. The second-order valence-electron chi connectivity index (χ2n) is 4.55. The Morgan fingerprint density at radius 1 is 1.24 bits per heavy atom. The van der Waals surface area contributed by atoms with Gasteiger partial charge in [0.25, 0.3) is 0 Å². The molecule has 2 aromatic rings. The van der Waals surface area contributed by atoms with Crippen molar-refractivity contribution in [3.63, 3.8) is 0 Å². The predicted molar refractivity (Wildman–Crippen MR) is 83.7 cm³/mol. The molecule has 4 nitrogen and oxygen atoms in total. The summed E-state index contributed by atoms with van der Waals surface area (Å²) in [4.78, 5) is -0.396. The summed E-state index contributed by atoms with van der Waals surface area (Å²) in [7, 11) is -3.97. The molecule has 0 fully saturated rings. The number of halogens is 2. The highest BCUT2D eigenvalue weighted by molar-refractivity contribution is 9.10. The number of sulfonamides is 1. The number of hydrogen-bond acceptors (Lipinski definition) is 3. The average Bonchev–Trinajstić information content (AvgIpc) is 2.37. The lowest BCUT2D eigenvalue weighted by molar-refractivity contribution is 0.547. The molecule has 0 heterocycles. The van der Waals surface area contributed by atoms with Crippen LogP contribution in [-0.4, -0.2) is 8.42 Å². The van der Waals surface area contributed by atoms with Gasteiger partial charge in [0.15, 0.2) is 0 Å². The Morgan fingerprint density at radius 2 is 1.90 bits per heavy atom. The van der Waals surface area contributed by atoms with Crippen LogP contribution in [0.1, 0.15) is 18.5 Å². The van der Waals surface area contributed by atoms with E-state index in [9.17, 15) is 12.8 Å². The topological polar surface area (TPSA) is 72.2 Å². The second kappa shape index (κ2) is 6.13. The lowest BCUT2D eigenvalue weighted by atomic mass is 10.1. The minimum Gasteiger partial charge on any atom is -0.398 e. The zero-order valence-electron chi connectivity index (χ0n) is 11.2. The van der Waals surface area contributed by atoms with Crippen LogP contribution in [0.15, 0.2) is 51.8 Å². The van der Waals surface area contributed by atoms with E-state index in [1.54, 1.807) is 31.2 Å². The van der Waals surface area contributed by atoms with E-state index in [2.05, 4.69) is 20.7 Å². The van der Waals surface area contributed by atoms with Crippen molar-refractivity contribution >= 4 is 31.6 Å². The molecule has 0 aliphatic rings. The van der Waals surface area contributed by atoms with E-state index < -0.39 is 26.8 Å². The summed E-state index contributed by atoms with van der Waals surface area (Å²) in [6, 6.07) is 10.1. The van der Waals surface area contributed by atoms with Crippen molar-refractivity contribution in [3.05, 3.63) is 58.3 Å². The Labute approximate surface area is 131 Å². The Morgan fingerprint density at radius 3 is 2.52 bits per heavy atom. The highest BCUT2D eigenvalue weighted by Crippen LogP contribution is 2.24. The summed E-state index contributed by atoms with van der Waals surface area (Å²) in [5, 5.41) is 0. The molecule has 0 bridgehead atoms. The van der Waals surface area contributed by atoms with Crippen molar-refractivity contribution in [3.8, 4) is 0 Å². The molecule has 1 unspecified atom stereocenters. The van der Waals surface area contributed by atoms with Gasteiger partial charge < -0.3 is 5.73 Å². The van der Waals surface area contributed by atoms with Crippen molar-refractivity contribution in [1.29, 1.82) is 0 Å². The number of nitrogens with one attached hydrogen (secondary N) is 1. The van der Waals surface area contributed by atoms with E-state index in [4.69, 9.17) is 5.73 Å². The van der Waals surface area contributed by atoms with Gasteiger partial charge in [-0.15, -0.1) is 0 Å². The average molecular weight is 373 g/mol. The molecule has 0 aromatic heterocycles. The molecule has 2 rings (SSSR count). The first-order chi connectivity index (χ1) is 9.81. The van der Waals surface area contributed by atoms with Gasteiger partial charge in [-0.3, -0.25) is 0 Å². The quantitative estimate of drug-likeness (QED) is 0.809. The summed E-state index contributed by atoms with van der Waals surface area (Å²) in [6.45, 7) is 1.65. The van der Waals surface area contributed by atoms with Gasteiger partial charge in [0.2, 0.25) is 10.0 Å². The monoisotopic (exact) mass is 372 g/mol. The molecule has 0 aliphatic heterocycles. The minimum absolute atomic E-state index is 0.396. The summed E-state index contributed by atoms with van der Waals surface area (Å²) in [5.74, 6) is -0.815. The van der Waals surface area contributed by atoms with Crippen LogP contribution in [0.25, 0.3) is 0 Å². The normalized spacial score (nSPS) is 13.1. The zero-order chi connectivity index (χ0) is 15.6. The molecule has 0 radical (unpaired) electrons. The molecule has 1 atom stereocenters. The third-order valence-electron chi connectivity index (χ3n) is 2.98. The molecule has 0 aliphatic carbocycles. The maximum absolute atomic E-state index is 13.8. The van der Waals surface area contributed by atoms with E-state index >= 15 is 0 Å². The lowest BCUT2D eigenvalue weighted by Gasteiger charge is -2.16. The van der Waals surface area contributed by atoms with Crippen LogP contribution < -0.4 is 10.5 Å². The summed E-state index contributed by atoms with van der Waals surface area (Å²) in [6.07, 6.45) is 0. The predicted octanol–water partition coefficient (Wildman–Crippen LogP) is 3.21. The number of nitrogens with two attached hydrogens (primary N) is 1. The van der Waals surface area contributed by atoms with E-state index in [1.807, 2.05) is 0 Å². The molecule has 21 heavy (non-hydrogen) atoms. The van der Waals surface area contributed by atoms with Crippen LogP contribution in [0.4, 0.5) is 10.1 Å². The van der Waals surface area contributed by atoms with Gasteiger partial charge in [-0.1, -0.05) is 34.1 Å². The van der Waals surface area contributed by atoms with Gasteiger partial charge in [0.1, 0.15) is 10.7 Å². The van der Waals surface area contributed by atoms with E-state index in [0.29, 0.717) is 15.7 Å². The standard InChI is InChI=1S/C14H14BrFN2O2S/c1-9(11-4-2-3-5-13(11)17)18-21(19,20)14-7-6-10(15)8-12(14)16/h2-9,18H,17H2,1H3. The van der Waals surface area contributed by atoms with Gasteiger partial charge in [-0.2, -0.15) is 0 Å². The Balaban J connectivity index is 2.31. The van der Waals surface area contributed by atoms with Gasteiger partial charge in [0.05, 0.1) is 0 Å². The summed E-state index contributed by atoms with van der Waals surface area (Å²) in [5.41, 5.74) is 6.93. The van der Waals surface area contributed by atoms with Crippen molar-refractivity contribution in [2.45, 2.75) is 17.9 Å². The molecule has 2 aromatic carbocycles. The summed E-state index contributed by atoms with van der Waals surface area (Å²) >= 11 is 3.09. The molecule has 7 heteroatoms. The first kappa shape index (κ1) is 15.9. The lowest BCUT2D eigenvalue weighted by Crippen LogP contribution is -2.28. The molecule has 3 N–H and O–H groups in total. The van der Waals surface area contributed by atoms with Crippen LogP contribution in [0.2, 0.25) is 0 Å². The van der Waals surface area contributed by atoms with Crippen molar-refractivity contribution in [2.75, 3.05) is 5.73 Å². The van der Waals surface area contributed by atoms with Crippen LogP contribution in [-0.2, 0) is 10.0 Å². The molecule has 0 saturated heterocycles.